The van der Waals surface area contributed by atoms with Crippen LogP contribution < -0.4 is 16.0 Å². The molecule has 2 aliphatic rings. The highest BCUT2D eigenvalue weighted by Gasteiger charge is 2.10. The molecular formula is C23H25N3O. The first-order valence-electron chi connectivity index (χ1n) is 9.61. The van der Waals surface area contributed by atoms with Gasteiger partial charge in [-0.2, -0.15) is 0 Å². The smallest absolute Gasteiger partial charge is 0.255 e. The van der Waals surface area contributed by atoms with Crippen LogP contribution in [-0.4, -0.2) is 32.1 Å². The third-order valence-corrected chi connectivity index (χ3v) is 5.16. The molecule has 27 heavy (non-hydrogen) atoms. The SMILES string of the molecule is O=C(Nc1ccc(C2=CCNCC2)cc1)c1ccc(C2=CCNCC2)cc1. The highest BCUT2D eigenvalue weighted by Crippen LogP contribution is 2.23. The molecule has 0 radical (unpaired) electrons. The third kappa shape index (κ3) is 4.35. The summed E-state index contributed by atoms with van der Waals surface area (Å²) >= 11 is 0. The molecule has 0 spiro atoms. The quantitative estimate of drug-likeness (QED) is 0.780. The number of nitrogens with one attached hydrogen (secondary N) is 3. The van der Waals surface area contributed by atoms with Gasteiger partial charge in [-0.1, -0.05) is 36.4 Å². The molecule has 2 aliphatic heterocycles. The van der Waals surface area contributed by atoms with Crippen molar-refractivity contribution in [3.63, 3.8) is 0 Å². The van der Waals surface area contributed by atoms with E-state index in [2.05, 4.69) is 40.2 Å². The first-order chi connectivity index (χ1) is 13.3. The van der Waals surface area contributed by atoms with Gasteiger partial charge in [0.25, 0.3) is 5.91 Å². The molecule has 0 saturated carbocycles. The van der Waals surface area contributed by atoms with Crippen molar-refractivity contribution >= 4 is 22.7 Å². The van der Waals surface area contributed by atoms with Crippen LogP contribution in [0, 0.1) is 0 Å². The Bertz CT molecular complexity index is 864. The topological polar surface area (TPSA) is 53.2 Å². The lowest BCUT2D eigenvalue weighted by Gasteiger charge is -2.15. The van der Waals surface area contributed by atoms with Crippen LogP contribution in [0.5, 0.6) is 0 Å². The Hall–Kier alpha value is -2.69. The zero-order chi connectivity index (χ0) is 18.5. The molecule has 0 aromatic heterocycles. The van der Waals surface area contributed by atoms with Gasteiger partial charge in [0.1, 0.15) is 0 Å². The summed E-state index contributed by atoms with van der Waals surface area (Å²) in [5, 5.41) is 9.64. The van der Waals surface area contributed by atoms with Gasteiger partial charge in [0.15, 0.2) is 0 Å². The molecule has 0 saturated heterocycles. The molecule has 0 aliphatic carbocycles. The Morgan fingerprint density at radius 1 is 0.741 bits per heavy atom. The Morgan fingerprint density at radius 3 is 1.74 bits per heavy atom. The van der Waals surface area contributed by atoms with Crippen molar-refractivity contribution in [3.05, 3.63) is 77.4 Å². The molecule has 1 amide bonds. The summed E-state index contributed by atoms with van der Waals surface area (Å²) in [4.78, 5) is 12.5. The van der Waals surface area contributed by atoms with Gasteiger partial charge in [-0.15, -0.1) is 0 Å². The van der Waals surface area contributed by atoms with E-state index in [-0.39, 0.29) is 5.91 Å². The lowest BCUT2D eigenvalue weighted by atomic mass is 9.99. The first-order valence-corrected chi connectivity index (χ1v) is 9.61. The van der Waals surface area contributed by atoms with E-state index >= 15 is 0 Å². The van der Waals surface area contributed by atoms with Crippen molar-refractivity contribution in [2.45, 2.75) is 12.8 Å². The zero-order valence-electron chi connectivity index (χ0n) is 15.4. The average molecular weight is 359 g/mol. The Labute approximate surface area is 160 Å². The van der Waals surface area contributed by atoms with Crippen molar-refractivity contribution in [2.75, 3.05) is 31.5 Å². The maximum atomic E-state index is 12.5. The molecule has 0 unspecified atom stereocenters. The number of amides is 1. The van der Waals surface area contributed by atoms with Crippen LogP contribution >= 0.6 is 0 Å². The van der Waals surface area contributed by atoms with Gasteiger partial charge in [0, 0.05) is 24.3 Å². The molecule has 2 heterocycles. The van der Waals surface area contributed by atoms with E-state index in [9.17, 15) is 4.79 Å². The molecule has 4 nitrogen and oxygen atoms in total. The number of anilines is 1. The summed E-state index contributed by atoms with van der Waals surface area (Å²) in [6, 6.07) is 16.0. The third-order valence-electron chi connectivity index (χ3n) is 5.16. The number of hydrogen-bond donors (Lipinski definition) is 3. The van der Waals surface area contributed by atoms with E-state index in [0.29, 0.717) is 5.56 Å². The fourth-order valence-corrected chi connectivity index (χ4v) is 3.58. The van der Waals surface area contributed by atoms with E-state index in [1.165, 1.54) is 22.3 Å². The number of hydrogen-bond acceptors (Lipinski definition) is 3. The molecule has 3 N–H and O–H groups in total. The highest BCUT2D eigenvalue weighted by atomic mass is 16.1. The average Bonchev–Trinajstić information content (AvgIpc) is 2.76. The molecule has 0 bridgehead atoms. The fourth-order valence-electron chi connectivity index (χ4n) is 3.58. The minimum Gasteiger partial charge on any atom is -0.322 e. The highest BCUT2D eigenvalue weighted by molar-refractivity contribution is 6.04. The summed E-state index contributed by atoms with van der Waals surface area (Å²) in [6.45, 7) is 3.88. The van der Waals surface area contributed by atoms with Crippen LogP contribution in [0.3, 0.4) is 0 Å². The second-order valence-electron chi connectivity index (χ2n) is 6.98. The zero-order valence-corrected chi connectivity index (χ0v) is 15.4. The largest absolute Gasteiger partial charge is 0.322 e. The van der Waals surface area contributed by atoms with Crippen molar-refractivity contribution in [3.8, 4) is 0 Å². The van der Waals surface area contributed by atoms with Crippen LogP contribution in [0.4, 0.5) is 5.69 Å². The Balaban J connectivity index is 1.41. The second-order valence-corrected chi connectivity index (χ2v) is 6.98. The van der Waals surface area contributed by atoms with Crippen molar-refractivity contribution in [2.24, 2.45) is 0 Å². The van der Waals surface area contributed by atoms with E-state index in [4.69, 9.17) is 0 Å². The van der Waals surface area contributed by atoms with E-state index in [0.717, 1.165) is 44.7 Å². The molecule has 2 aromatic rings. The van der Waals surface area contributed by atoms with E-state index < -0.39 is 0 Å². The summed E-state index contributed by atoms with van der Waals surface area (Å²) in [5.41, 5.74) is 6.65. The Morgan fingerprint density at radius 2 is 1.26 bits per heavy atom. The number of benzene rings is 2. The molecular weight excluding hydrogens is 334 g/mol. The lowest BCUT2D eigenvalue weighted by molar-refractivity contribution is 0.102. The van der Waals surface area contributed by atoms with Crippen LogP contribution in [-0.2, 0) is 0 Å². The number of carbonyl (C=O) groups is 1. The van der Waals surface area contributed by atoms with E-state index in [1.807, 2.05) is 36.4 Å². The predicted molar refractivity (Wildman–Crippen MR) is 112 cm³/mol. The molecule has 2 aromatic carbocycles. The van der Waals surface area contributed by atoms with Gasteiger partial charge < -0.3 is 16.0 Å². The van der Waals surface area contributed by atoms with Crippen LogP contribution in [0.2, 0.25) is 0 Å². The molecule has 138 valence electrons. The molecule has 4 rings (SSSR count). The van der Waals surface area contributed by atoms with Gasteiger partial charge >= 0.3 is 0 Å². The van der Waals surface area contributed by atoms with Gasteiger partial charge in [0.05, 0.1) is 0 Å². The molecule has 4 heteroatoms. The van der Waals surface area contributed by atoms with Gasteiger partial charge in [-0.05, 0) is 72.5 Å². The van der Waals surface area contributed by atoms with Gasteiger partial charge in [-0.25, -0.2) is 0 Å². The Kier molecular flexibility index (Phi) is 5.47. The van der Waals surface area contributed by atoms with Crippen LogP contribution in [0.15, 0.2) is 60.7 Å². The number of rotatable bonds is 4. The summed E-state index contributed by atoms with van der Waals surface area (Å²) in [5.74, 6) is -0.0744. The monoisotopic (exact) mass is 359 g/mol. The summed E-state index contributed by atoms with van der Waals surface area (Å²) in [7, 11) is 0. The predicted octanol–water partition coefficient (Wildman–Crippen LogP) is 3.69. The van der Waals surface area contributed by atoms with Gasteiger partial charge in [0.2, 0.25) is 0 Å². The first kappa shape index (κ1) is 17.7. The van der Waals surface area contributed by atoms with Crippen molar-refractivity contribution in [1.29, 1.82) is 0 Å². The minimum absolute atomic E-state index is 0.0744. The van der Waals surface area contributed by atoms with Crippen molar-refractivity contribution in [1.82, 2.24) is 10.6 Å². The number of carbonyl (C=O) groups excluding carboxylic acids is 1. The van der Waals surface area contributed by atoms with Gasteiger partial charge in [-0.3, -0.25) is 4.79 Å². The standard InChI is InChI=1S/C23H25N3O/c27-23(21-3-1-17(2-4-21)19-9-13-24-14-10-19)26-22-7-5-18(6-8-22)20-11-15-25-16-12-20/h1-9,11,24-25H,10,12-16H2,(H,26,27). The van der Waals surface area contributed by atoms with Crippen molar-refractivity contribution < 1.29 is 4.79 Å². The van der Waals surface area contributed by atoms with E-state index in [1.54, 1.807) is 0 Å². The normalized spacial score (nSPS) is 17.0. The van der Waals surface area contributed by atoms with Crippen LogP contribution in [0.1, 0.15) is 34.3 Å². The van der Waals surface area contributed by atoms with Crippen LogP contribution in [0.25, 0.3) is 11.1 Å². The summed E-state index contributed by atoms with van der Waals surface area (Å²) < 4.78 is 0. The fraction of sp³-hybridized carbons (Fsp3) is 0.261. The molecule has 0 atom stereocenters. The minimum atomic E-state index is -0.0744. The maximum absolute atomic E-state index is 12.5. The summed E-state index contributed by atoms with van der Waals surface area (Å²) in [6.07, 6.45) is 6.53. The second kappa shape index (κ2) is 8.33. The maximum Gasteiger partial charge on any atom is 0.255 e. The molecule has 0 fully saturated rings. The lowest BCUT2D eigenvalue weighted by Crippen LogP contribution is -2.20.